The number of aliphatic imine (C=N–C) groups is 1. The fourth-order valence-corrected chi connectivity index (χ4v) is 5.23. The van der Waals surface area contributed by atoms with Gasteiger partial charge in [0.05, 0.1) is 6.04 Å². The number of piperidine rings is 1. The van der Waals surface area contributed by atoms with Crippen LogP contribution in [0.2, 0.25) is 0 Å². The van der Waals surface area contributed by atoms with Crippen molar-refractivity contribution in [2.45, 2.75) is 44.7 Å². The number of carbonyl (C=O) groups is 1. The van der Waals surface area contributed by atoms with Crippen LogP contribution < -0.4 is 5.73 Å². The number of amidine groups is 1. The molecule has 186 valence electrons. The standard InChI is InChI=1S/C28H33N7O/c1-20-18-35(30-2)26(32-27(20)33-15-12-22(29)19-33)16-23-9-5-6-14-34(23)28(36)25-11-4-3-10-24(25)21-8-7-13-31-17-21/h3-4,7-8,10-11,13,16-18,22-23H,2,5-6,9,12,14-15,19,29H2,1H3/b26-16-/t22-,23?/m0/s1. The summed E-state index contributed by atoms with van der Waals surface area (Å²) in [6.45, 7) is 8.15. The van der Waals surface area contributed by atoms with Crippen LogP contribution in [0.4, 0.5) is 0 Å². The molecule has 1 aromatic heterocycles. The Bertz CT molecular complexity index is 1220. The molecular weight excluding hydrogens is 450 g/mol. The smallest absolute Gasteiger partial charge is 0.254 e. The predicted octanol–water partition coefficient (Wildman–Crippen LogP) is 3.85. The van der Waals surface area contributed by atoms with Crippen molar-refractivity contribution in [3.8, 4) is 11.1 Å². The van der Waals surface area contributed by atoms with Gasteiger partial charge < -0.3 is 15.5 Å². The van der Waals surface area contributed by atoms with Crippen LogP contribution in [0.15, 0.2) is 82.6 Å². The number of pyridine rings is 1. The highest BCUT2D eigenvalue weighted by Gasteiger charge is 2.31. The fraction of sp³-hybridized carbons (Fsp3) is 0.357. The first-order valence-electron chi connectivity index (χ1n) is 12.6. The molecule has 8 heteroatoms. The molecule has 2 N–H and O–H groups in total. The molecule has 3 aliphatic heterocycles. The minimum Gasteiger partial charge on any atom is -0.355 e. The molecule has 0 aliphatic carbocycles. The van der Waals surface area contributed by atoms with E-state index < -0.39 is 0 Å². The lowest BCUT2D eigenvalue weighted by atomic mass is 9.96. The molecule has 36 heavy (non-hydrogen) atoms. The molecule has 0 bridgehead atoms. The van der Waals surface area contributed by atoms with Gasteiger partial charge in [-0.2, -0.15) is 5.10 Å². The largest absolute Gasteiger partial charge is 0.355 e. The summed E-state index contributed by atoms with van der Waals surface area (Å²) in [5, 5.41) is 5.88. The highest BCUT2D eigenvalue weighted by atomic mass is 16.2. The minimum atomic E-state index is -0.0925. The predicted molar refractivity (Wildman–Crippen MR) is 143 cm³/mol. The first-order chi connectivity index (χ1) is 17.5. The highest BCUT2D eigenvalue weighted by molar-refractivity contribution is 6.01. The van der Waals surface area contributed by atoms with Gasteiger partial charge in [-0.3, -0.25) is 9.78 Å². The lowest BCUT2D eigenvalue weighted by molar-refractivity contribution is 0.0663. The third kappa shape index (κ3) is 4.81. The van der Waals surface area contributed by atoms with Gasteiger partial charge in [-0.15, -0.1) is 0 Å². The summed E-state index contributed by atoms with van der Waals surface area (Å²) in [6.07, 6.45) is 11.4. The Balaban J connectivity index is 1.47. The quantitative estimate of drug-likeness (QED) is 0.667. The minimum absolute atomic E-state index is 0.0198. The average Bonchev–Trinajstić information content (AvgIpc) is 3.35. The van der Waals surface area contributed by atoms with Crippen LogP contribution in [0.5, 0.6) is 0 Å². The average molecular weight is 484 g/mol. The molecule has 2 atom stereocenters. The van der Waals surface area contributed by atoms with Crippen LogP contribution in [0.25, 0.3) is 11.1 Å². The van der Waals surface area contributed by atoms with Gasteiger partial charge in [0.2, 0.25) is 0 Å². The van der Waals surface area contributed by atoms with E-state index in [1.165, 1.54) is 0 Å². The van der Waals surface area contributed by atoms with Gasteiger partial charge in [0.1, 0.15) is 5.84 Å². The number of likely N-dealkylation sites (tertiary alicyclic amines) is 2. The van der Waals surface area contributed by atoms with Crippen molar-refractivity contribution in [1.29, 1.82) is 0 Å². The van der Waals surface area contributed by atoms with Gasteiger partial charge in [0.15, 0.2) is 5.82 Å². The van der Waals surface area contributed by atoms with Crippen LogP contribution in [-0.4, -0.2) is 70.0 Å². The maximum Gasteiger partial charge on any atom is 0.254 e. The first kappa shape index (κ1) is 23.9. The number of amides is 1. The zero-order valence-corrected chi connectivity index (χ0v) is 20.8. The summed E-state index contributed by atoms with van der Waals surface area (Å²) in [4.78, 5) is 27.4. The molecule has 2 aromatic rings. The Hall–Kier alpha value is -3.78. The molecule has 2 saturated heterocycles. The molecule has 3 aliphatic rings. The molecule has 0 radical (unpaired) electrons. The van der Waals surface area contributed by atoms with Crippen molar-refractivity contribution < 1.29 is 4.79 Å². The second-order valence-corrected chi connectivity index (χ2v) is 9.60. The normalized spacial score (nSPS) is 23.5. The van der Waals surface area contributed by atoms with Crippen molar-refractivity contribution in [3.05, 3.63) is 78.0 Å². The Labute approximate surface area is 212 Å². The number of rotatable bonds is 4. The van der Waals surface area contributed by atoms with Crippen molar-refractivity contribution >= 4 is 18.5 Å². The maximum atomic E-state index is 13.9. The molecule has 1 aromatic carbocycles. The fourth-order valence-electron chi connectivity index (χ4n) is 5.23. The molecule has 5 rings (SSSR count). The van der Waals surface area contributed by atoms with Crippen molar-refractivity contribution in [1.82, 2.24) is 19.8 Å². The maximum absolute atomic E-state index is 13.9. The Morgan fingerprint density at radius 1 is 1.17 bits per heavy atom. The van der Waals surface area contributed by atoms with E-state index in [4.69, 9.17) is 10.7 Å². The summed E-state index contributed by atoms with van der Waals surface area (Å²) in [7, 11) is 0. The SMILES string of the molecule is C=NN1C=C(C)C(N2CC[C@H](N)C2)=N/C1=C/C1CCCCN1C(=O)c1ccccc1-c1cccnc1. The van der Waals surface area contributed by atoms with Crippen LogP contribution >= 0.6 is 0 Å². The number of nitrogens with two attached hydrogens (primary N) is 1. The lowest BCUT2D eigenvalue weighted by Gasteiger charge is -2.36. The summed E-state index contributed by atoms with van der Waals surface area (Å²) < 4.78 is 0. The molecule has 4 heterocycles. The Morgan fingerprint density at radius 3 is 2.78 bits per heavy atom. The number of benzene rings is 1. The number of hydrogen-bond acceptors (Lipinski definition) is 7. The summed E-state index contributed by atoms with van der Waals surface area (Å²) in [6, 6.07) is 11.7. The van der Waals surface area contributed by atoms with Gasteiger partial charge in [0, 0.05) is 67.7 Å². The van der Waals surface area contributed by atoms with E-state index in [0.29, 0.717) is 17.9 Å². The number of carbonyl (C=O) groups excluding carboxylic acids is 1. The van der Waals surface area contributed by atoms with Gasteiger partial charge in [0.25, 0.3) is 5.91 Å². The van der Waals surface area contributed by atoms with Crippen LogP contribution in [-0.2, 0) is 0 Å². The summed E-state index contributed by atoms with van der Waals surface area (Å²) >= 11 is 0. The van der Waals surface area contributed by atoms with Gasteiger partial charge in [-0.1, -0.05) is 24.3 Å². The number of hydrazone groups is 1. The second-order valence-electron chi connectivity index (χ2n) is 9.60. The van der Waals surface area contributed by atoms with Crippen molar-refractivity contribution in [2.24, 2.45) is 15.8 Å². The van der Waals surface area contributed by atoms with E-state index in [2.05, 4.69) is 27.8 Å². The van der Waals surface area contributed by atoms with E-state index in [9.17, 15) is 4.79 Å². The molecule has 0 spiro atoms. The third-order valence-electron chi connectivity index (χ3n) is 7.08. The number of nitrogens with zero attached hydrogens (tertiary/aromatic N) is 6. The topological polar surface area (TPSA) is 90.4 Å². The molecule has 8 nitrogen and oxygen atoms in total. The molecule has 2 fully saturated rings. The number of hydrogen-bond donors (Lipinski definition) is 1. The van der Waals surface area contributed by atoms with E-state index >= 15 is 0 Å². The van der Waals surface area contributed by atoms with E-state index in [1.54, 1.807) is 17.4 Å². The zero-order valence-electron chi connectivity index (χ0n) is 20.8. The lowest BCUT2D eigenvalue weighted by Crippen LogP contribution is -2.43. The molecule has 0 saturated carbocycles. The molecule has 1 unspecified atom stereocenters. The number of aromatic nitrogens is 1. The zero-order chi connectivity index (χ0) is 25.1. The van der Waals surface area contributed by atoms with Gasteiger partial charge >= 0.3 is 0 Å². The summed E-state index contributed by atoms with van der Waals surface area (Å²) in [5.41, 5.74) is 9.69. The van der Waals surface area contributed by atoms with E-state index in [-0.39, 0.29) is 18.0 Å². The Kier molecular flexibility index (Phi) is 6.95. The molecule has 1 amide bonds. The van der Waals surface area contributed by atoms with Crippen LogP contribution in [0.1, 0.15) is 43.0 Å². The highest BCUT2D eigenvalue weighted by Crippen LogP contribution is 2.29. The van der Waals surface area contributed by atoms with Crippen LogP contribution in [0.3, 0.4) is 0 Å². The Morgan fingerprint density at radius 2 is 2.03 bits per heavy atom. The molecular formula is C28H33N7O. The van der Waals surface area contributed by atoms with E-state index in [0.717, 1.165) is 61.3 Å². The first-order valence-corrected chi connectivity index (χ1v) is 12.6. The van der Waals surface area contributed by atoms with Crippen LogP contribution in [0, 0.1) is 0 Å². The van der Waals surface area contributed by atoms with Gasteiger partial charge in [-0.25, -0.2) is 10.0 Å². The van der Waals surface area contributed by atoms with E-state index in [1.807, 2.05) is 54.4 Å². The third-order valence-corrected chi connectivity index (χ3v) is 7.08. The second kappa shape index (κ2) is 10.5. The monoisotopic (exact) mass is 483 g/mol. The van der Waals surface area contributed by atoms with Crippen molar-refractivity contribution in [3.63, 3.8) is 0 Å². The van der Waals surface area contributed by atoms with Crippen molar-refractivity contribution in [2.75, 3.05) is 19.6 Å². The summed E-state index contributed by atoms with van der Waals surface area (Å²) in [5.74, 6) is 1.63. The van der Waals surface area contributed by atoms with Gasteiger partial charge in [-0.05, 0) is 56.4 Å².